The van der Waals surface area contributed by atoms with E-state index in [1.165, 1.54) is 5.56 Å². The van der Waals surface area contributed by atoms with Gasteiger partial charge in [0, 0.05) is 6.20 Å². The Morgan fingerprint density at radius 3 is 2.53 bits per heavy atom. The number of nitriles is 1. The van der Waals surface area contributed by atoms with Crippen LogP contribution in [0.3, 0.4) is 0 Å². The molecule has 19 heavy (non-hydrogen) atoms. The number of hydrogen-bond acceptors (Lipinski definition) is 2. The van der Waals surface area contributed by atoms with Crippen molar-refractivity contribution in [2.45, 2.75) is 38.6 Å². The molecule has 0 bridgehead atoms. The summed E-state index contributed by atoms with van der Waals surface area (Å²) in [5.41, 5.74) is 1.89. The molecule has 0 spiro atoms. The van der Waals surface area contributed by atoms with Crippen LogP contribution in [-0.4, -0.2) is 9.78 Å². The summed E-state index contributed by atoms with van der Waals surface area (Å²) in [6.45, 7) is 6.35. The minimum absolute atomic E-state index is 0.399. The molecule has 2 aromatic rings. The van der Waals surface area contributed by atoms with E-state index in [2.05, 4.69) is 38.1 Å². The van der Waals surface area contributed by atoms with Crippen molar-refractivity contribution in [3.8, 4) is 6.07 Å². The Balaban J connectivity index is 2.47. The van der Waals surface area contributed by atoms with Crippen LogP contribution in [0.2, 0.25) is 0 Å². The van der Waals surface area contributed by atoms with Gasteiger partial charge in [-0.25, -0.2) is 0 Å². The lowest BCUT2D eigenvalue weighted by molar-refractivity contribution is 0.360. The first-order chi connectivity index (χ1) is 9.08. The van der Waals surface area contributed by atoms with Gasteiger partial charge in [0.2, 0.25) is 0 Å². The van der Waals surface area contributed by atoms with Gasteiger partial charge in [-0.1, -0.05) is 44.2 Å². The highest BCUT2D eigenvalue weighted by Crippen LogP contribution is 2.29. The highest BCUT2D eigenvalue weighted by atomic mass is 15.3. The molecule has 1 unspecified atom stereocenters. The zero-order valence-electron chi connectivity index (χ0n) is 11.7. The summed E-state index contributed by atoms with van der Waals surface area (Å²) in [4.78, 5) is 0. The van der Waals surface area contributed by atoms with Crippen LogP contribution in [0.15, 0.2) is 42.7 Å². The number of rotatable bonds is 4. The fourth-order valence-electron chi connectivity index (χ4n) is 2.17. The van der Waals surface area contributed by atoms with Crippen molar-refractivity contribution in [3.63, 3.8) is 0 Å². The van der Waals surface area contributed by atoms with Gasteiger partial charge in [-0.05, 0) is 24.0 Å². The molecule has 3 nitrogen and oxygen atoms in total. The van der Waals surface area contributed by atoms with Gasteiger partial charge in [-0.3, -0.25) is 4.68 Å². The summed E-state index contributed by atoms with van der Waals surface area (Å²) >= 11 is 0. The third-order valence-electron chi connectivity index (χ3n) is 3.59. The van der Waals surface area contributed by atoms with E-state index in [4.69, 9.17) is 5.26 Å². The number of nitrogens with zero attached hydrogens (tertiary/aromatic N) is 3. The summed E-state index contributed by atoms with van der Waals surface area (Å²) in [5, 5.41) is 13.6. The highest BCUT2D eigenvalue weighted by molar-refractivity contribution is 5.27. The molecule has 0 saturated heterocycles. The summed E-state index contributed by atoms with van der Waals surface area (Å²) in [5.74, 6) is 0.441. The van der Waals surface area contributed by atoms with Gasteiger partial charge >= 0.3 is 0 Å². The van der Waals surface area contributed by atoms with Crippen LogP contribution in [0.4, 0.5) is 0 Å². The molecule has 0 saturated carbocycles. The molecule has 1 aromatic carbocycles. The zero-order chi connectivity index (χ0) is 13.9. The molecule has 0 N–H and O–H groups in total. The van der Waals surface area contributed by atoms with Crippen LogP contribution in [0.25, 0.3) is 0 Å². The first kappa shape index (κ1) is 13.4. The molecular formula is C16H19N3. The summed E-state index contributed by atoms with van der Waals surface area (Å²) < 4.78 is 1.92. The zero-order valence-corrected chi connectivity index (χ0v) is 11.7. The van der Waals surface area contributed by atoms with Crippen molar-refractivity contribution in [1.82, 2.24) is 9.78 Å². The van der Waals surface area contributed by atoms with Crippen molar-refractivity contribution in [1.29, 1.82) is 5.26 Å². The van der Waals surface area contributed by atoms with E-state index in [9.17, 15) is 0 Å². The number of benzene rings is 1. The third-order valence-corrected chi connectivity index (χ3v) is 3.59. The van der Waals surface area contributed by atoms with Gasteiger partial charge in [0.1, 0.15) is 0 Å². The highest BCUT2D eigenvalue weighted by Gasteiger charge is 2.29. The molecule has 1 aromatic heterocycles. The second-order valence-electron chi connectivity index (χ2n) is 5.35. The minimum atomic E-state index is -0.414. The number of aromatic nitrogens is 2. The fourth-order valence-corrected chi connectivity index (χ4v) is 2.17. The molecule has 3 heteroatoms. The SMILES string of the molecule is CC(C)c1cnn(C(C)(CC#N)c2ccccc2)c1. The van der Waals surface area contributed by atoms with Gasteiger partial charge < -0.3 is 0 Å². The van der Waals surface area contributed by atoms with Crippen LogP contribution in [-0.2, 0) is 5.54 Å². The summed E-state index contributed by atoms with van der Waals surface area (Å²) in [6.07, 6.45) is 4.34. The van der Waals surface area contributed by atoms with Crippen LogP contribution in [0.1, 0.15) is 44.2 Å². The molecule has 0 aliphatic heterocycles. The molecule has 0 aliphatic rings. The largest absolute Gasteiger partial charge is 0.261 e. The molecule has 0 aliphatic carbocycles. The monoisotopic (exact) mass is 253 g/mol. The van der Waals surface area contributed by atoms with Crippen molar-refractivity contribution in [3.05, 3.63) is 53.9 Å². The lowest BCUT2D eigenvalue weighted by atomic mass is 9.89. The van der Waals surface area contributed by atoms with Crippen LogP contribution >= 0.6 is 0 Å². The third kappa shape index (κ3) is 2.53. The molecule has 0 radical (unpaired) electrons. The van der Waals surface area contributed by atoms with Gasteiger partial charge in [0.15, 0.2) is 0 Å². The van der Waals surface area contributed by atoms with Crippen molar-refractivity contribution in [2.24, 2.45) is 0 Å². The Kier molecular flexibility index (Phi) is 3.71. The van der Waals surface area contributed by atoms with E-state index in [-0.39, 0.29) is 0 Å². The van der Waals surface area contributed by atoms with Crippen LogP contribution in [0, 0.1) is 11.3 Å². The molecular weight excluding hydrogens is 234 g/mol. The van der Waals surface area contributed by atoms with Gasteiger partial charge in [-0.2, -0.15) is 10.4 Å². The molecule has 0 amide bonds. The van der Waals surface area contributed by atoms with Crippen LogP contribution < -0.4 is 0 Å². The van der Waals surface area contributed by atoms with Crippen LogP contribution in [0.5, 0.6) is 0 Å². The topological polar surface area (TPSA) is 41.6 Å². The Bertz CT molecular complexity index is 578. The Labute approximate surface area is 114 Å². The van der Waals surface area contributed by atoms with Gasteiger partial charge in [-0.15, -0.1) is 0 Å². The second kappa shape index (κ2) is 5.27. The van der Waals surface area contributed by atoms with Gasteiger partial charge in [0.05, 0.1) is 24.2 Å². The van der Waals surface area contributed by atoms with Crippen molar-refractivity contribution in [2.75, 3.05) is 0 Å². The normalized spacial score (nSPS) is 14.1. The first-order valence-corrected chi connectivity index (χ1v) is 6.55. The maximum Gasteiger partial charge on any atom is 0.0977 e. The average Bonchev–Trinajstić information content (AvgIpc) is 2.90. The Morgan fingerprint density at radius 2 is 2.00 bits per heavy atom. The molecule has 1 heterocycles. The lowest BCUT2D eigenvalue weighted by Gasteiger charge is -2.28. The fraction of sp³-hybridized carbons (Fsp3) is 0.375. The predicted octanol–water partition coefficient (Wildman–Crippen LogP) is 3.68. The quantitative estimate of drug-likeness (QED) is 0.834. The predicted molar refractivity (Wildman–Crippen MR) is 75.7 cm³/mol. The minimum Gasteiger partial charge on any atom is -0.261 e. The van der Waals surface area contributed by atoms with E-state index in [0.717, 1.165) is 5.56 Å². The van der Waals surface area contributed by atoms with Crippen molar-refractivity contribution < 1.29 is 0 Å². The lowest BCUT2D eigenvalue weighted by Crippen LogP contribution is -2.31. The van der Waals surface area contributed by atoms with E-state index in [1.54, 1.807) is 0 Å². The molecule has 98 valence electrons. The van der Waals surface area contributed by atoms with E-state index >= 15 is 0 Å². The maximum absolute atomic E-state index is 9.15. The maximum atomic E-state index is 9.15. The molecule has 2 rings (SSSR count). The summed E-state index contributed by atoms with van der Waals surface area (Å²) in [6, 6.07) is 12.4. The Hall–Kier alpha value is -2.08. The summed E-state index contributed by atoms with van der Waals surface area (Å²) in [7, 11) is 0. The standard InChI is InChI=1S/C16H19N3/c1-13(2)14-11-18-19(12-14)16(3,9-10-17)15-7-5-4-6-8-15/h4-8,11-13H,9H2,1-3H3. The average molecular weight is 253 g/mol. The van der Waals surface area contributed by atoms with E-state index < -0.39 is 5.54 Å². The smallest absolute Gasteiger partial charge is 0.0977 e. The molecule has 1 atom stereocenters. The first-order valence-electron chi connectivity index (χ1n) is 6.55. The van der Waals surface area contributed by atoms with Crippen molar-refractivity contribution >= 4 is 0 Å². The van der Waals surface area contributed by atoms with Gasteiger partial charge in [0.25, 0.3) is 0 Å². The Morgan fingerprint density at radius 1 is 1.32 bits per heavy atom. The second-order valence-corrected chi connectivity index (χ2v) is 5.35. The molecule has 0 fully saturated rings. The van der Waals surface area contributed by atoms with E-state index in [0.29, 0.717) is 12.3 Å². The van der Waals surface area contributed by atoms with E-state index in [1.807, 2.05) is 41.2 Å². The number of hydrogen-bond donors (Lipinski definition) is 0.